The van der Waals surface area contributed by atoms with Gasteiger partial charge in [-0.15, -0.1) is 0 Å². The number of hydrogen-bond donors (Lipinski definition) is 3. The number of aryl methyl sites for hydroxylation is 1. The van der Waals surface area contributed by atoms with Gasteiger partial charge in [-0.05, 0) is 31.0 Å². The summed E-state index contributed by atoms with van der Waals surface area (Å²) in [5.41, 5.74) is 3.59. The Balaban J connectivity index is 1.13. The highest BCUT2D eigenvalue weighted by Crippen LogP contribution is 2.31. The van der Waals surface area contributed by atoms with E-state index in [0.29, 0.717) is 36.0 Å². The molecule has 0 spiro atoms. The number of hydrogen-bond acceptors (Lipinski definition) is 8. The van der Waals surface area contributed by atoms with Crippen molar-refractivity contribution in [3.8, 4) is 11.5 Å². The van der Waals surface area contributed by atoms with Crippen LogP contribution in [0.5, 0.6) is 0 Å². The maximum Gasteiger partial charge on any atom is 0.277 e. The Hall–Kier alpha value is -4.25. The van der Waals surface area contributed by atoms with Crippen molar-refractivity contribution >= 4 is 11.6 Å². The first-order chi connectivity index (χ1) is 17.6. The molecule has 2 aliphatic rings. The van der Waals surface area contributed by atoms with Gasteiger partial charge in [-0.25, -0.2) is 9.97 Å². The molecule has 1 unspecified atom stereocenters. The second-order valence-electron chi connectivity index (χ2n) is 8.97. The summed E-state index contributed by atoms with van der Waals surface area (Å²) in [6, 6.07) is 11.4. The Morgan fingerprint density at radius 2 is 2.11 bits per heavy atom. The summed E-state index contributed by atoms with van der Waals surface area (Å²) < 4.78 is 9.26. The van der Waals surface area contributed by atoms with Crippen molar-refractivity contribution in [1.29, 1.82) is 0 Å². The van der Waals surface area contributed by atoms with Crippen molar-refractivity contribution in [2.75, 3.05) is 11.9 Å². The summed E-state index contributed by atoms with van der Waals surface area (Å²) in [5, 5.41) is 13.9. The van der Waals surface area contributed by atoms with E-state index in [9.17, 15) is 9.59 Å². The van der Waals surface area contributed by atoms with E-state index >= 15 is 0 Å². The van der Waals surface area contributed by atoms with Gasteiger partial charge >= 0.3 is 0 Å². The molecule has 36 heavy (non-hydrogen) atoms. The Labute approximate surface area is 206 Å². The third-order valence-electron chi connectivity index (χ3n) is 6.49. The molecule has 0 radical (unpaired) electrons. The molecule has 1 atom stereocenters. The average Bonchev–Trinajstić information content (AvgIpc) is 3.57. The summed E-state index contributed by atoms with van der Waals surface area (Å²) >= 11 is 0. The van der Waals surface area contributed by atoms with E-state index in [1.165, 1.54) is 10.9 Å². The Morgan fingerprint density at radius 3 is 2.97 bits per heavy atom. The van der Waals surface area contributed by atoms with Gasteiger partial charge in [0.2, 0.25) is 11.8 Å². The molecule has 5 heterocycles. The van der Waals surface area contributed by atoms with Crippen molar-refractivity contribution < 1.29 is 9.21 Å². The molecule has 0 aliphatic carbocycles. The number of carbonyl (C=O) groups is 1. The molecule has 1 amide bonds. The van der Waals surface area contributed by atoms with Crippen molar-refractivity contribution in [3.05, 3.63) is 82.1 Å². The van der Waals surface area contributed by atoms with Gasteiger partial charge in [0.05, 0.1) is 48.7 Å². The van der Waals surface area contributed by atoms with Gasteiger partial charge in [0.1, 0.15) is 18.0 Å². The lowest BCUT2D eigenvalue weighted by molar-refractivity contribution is -0.121. The van der Waals surface area contributed by atoms with Crippen LogP contribution in [0.3, 0.4) is 0 Å². The molecule has 0 saturated heterocycles. The number of carbonyl (C=O) groups excluding carboxylic acids is 1. The Bertz CT molecular complexity index is 1430. The summed E-state index contributed by atoms with van der Waals surface area (Å²) in [6.07, 6.45) is 4.47. The smallest absolute Gasteiger partial charge is 0.277 e. The molecule has 3 N–H and O–H groups in total. The number of benzene rings is 1. The molecule has 3 aromatic heterocycles. The molecule has 0 fully saturated rings. The number of aromatic nitrogens is 5. The third kappa shape index (κ3) is 4.40. The van der Waals surface area contributed by atoms with Crippen molar-refractivity contribution in [2.24, 2.45) is 0 Å². The maximum absolute atomic E-state index is 13.2. The number of anilines is 1. The highest BCUT2D eigenvalue weighted by molar-refractivity contribution is 5.75. The van der Waals surface area contributed by atoms with E-state index in [1.54, 1.807) is 6.20 Å². The average molecular weight is 487 g/mol. The number of nitrogens with one attached hydrogen (secondary N) is 3. The number of nitrogens with zero attached hydrogens (tertiary/aromatic N) is 5. The van der Waals surface area contributed by atoms with Crippen molar-refractivity contribution in [1.82, 2.24) is 34.9 Å². The van der Waals surface area contributed by atoms with Crippen LogP contribution in [0.1, 0.15) is 35.3 Å². The number of fused-ring (bicyclic) bond motifs is 2. The van der Waals surface area contributed by atoms with Gasteiger partial charge < -0.3 is 20.4 Å². The normalized spacial score (nSPS) is 16.6. The lowest BCUT2D eigenvalue weighted by Crippen LogP contribution is -2.35. The van der Waals surface area contributed by atoms with Crippen LogP contribution < -0.4 is 21.5 Å². The molecule has 11 nitrogen and oxygen atoms in total. The molecular formula is C25H26N8O3. The molecule has 4 aromatic rings. The highest BCUT2D eigenvalue weighted by Gasteiger charge is 2.26. The Kier molecular flexibility index (Phi) is 5.82. The van der Waals surface area contributed by atoms with E-state index in [1.807, 2.05) is 41.1 Å². The van der Waals surface area contributed by atoms with Crippen LogP contribution in [0.4, 0.5) is 5.69 Å². The third-order valence-corrected chi connectivity index (χ3v) is 6.49. The van der Waals surface area contributed by atoms with E-state index in [4.69, 9.17) is 4.42 Å². The van der Waals surface area contributed by atoms with Crippen LogP contribution in [0.15, 0.2) is 58.1 Å². The fourth-order valence-corrected chi connectivity index (χ4v) is 4.61. The minimum Gasteiger partial charge on any atom is -0.439 e. The van der Waals surface area contributed by atoms with Gasteiger partial charge in [0.25, 0.3) is 5.56 Å². The molecular weight excluding hydrogens is 460 g/mol. The highest BCUT2D eigenvalue weighted by atomic mass is 16.4. The topological polar surface area (TPSA) is 132 Å². The van der Waals surface area contributed by atoms with Crippen LogP contribution in [-0.2, 0) is 37.4 Å². The minimum absolute atomic E-state index is 0.124. The Morgan fingerprint density at radius 1 is 1.22 bits per heavy atom. The molecule has 0 saturated carbocycles. The molecule has 11 heteroatoms. The van der Waals surface area contributed by atoms with E-state index in [2.05, 4.69) is 31.0 Å². The lowest BCUT2D eigenvalue weighted by Gasteiger charge is -2.24. The second-order valence-corrected chi connectivity index (χ2v) is 8.97. The maximum atomic E-state index is 13.2. The van der Waals surface area contributed by atoms with Crippen LogP contribution in [0.25, 0.3) is 11.5 Å². The quantitative estimate of drug-likeness (QED) is 0.375. The summed E-state index contributed by atoms with van der Waals surface area (Å²) in [4.78, 5) is 34.6. The SMILES string of the molecule is O=C(Cn1cnc2c(c1=O)NC(c1cnc(-c3ccccc3)o1)CC2)NCc1cc2n(n1)CCNC2. The van der Waals surface area contributed by atoms with Gasteiger partial charge in [-0.2, -0.15) is 5.10 Å². The first-order valence-electron chi connectivity index (χ1n) is 12.0. The van der Waals surface area contributed by atoms with Crippen LogP contribution in [0, 0.1) is 0 Å². The van der Waals surface area contributed by atoms with Gasteiger partial charge in [-0.3, -0.25) is 18.8 Å². The monoisotopic (exact) mass is 486 g/mol. The van der Waals surface area contributed by atoms with Crippen molar-refractivity contribution in [3.63, 3.8) is 0 Å². The van der Waals surface area contributed by atoms with Crippen LogP contribution in [-0.4, -0.2) is 36.8 Å². The zero-order valence-corrected chi connectivity index (χ0v) is 19.6. The van der Waals surface area contributed by atoms with Gasteiger partial charge in [0, 0.05) is 18.7 Å². The zero-order valence-electron chi connectivity index (χ0n) is 19.6. The molecule has 2 aliphatic heterocycles. The fourth-order valence-electron chi connectivity index (χ4n) is 4.61. The van der Waals surface area contributed by atoms with Gasteiger partial charge in [0.15, 0.2) is 0 Å². The van der Waals surface area contributed by atoms with E-state index < -0.39 is 0 Å². The van der Waals surface area contributed by atoms with Crippen LogP contribution in [0.2, 0.25) is 0 Å². The predicted octanol–water partition coefficient (Wildman–Crippen LogP) is 1.61. The van der Waals surface area contributed by atoms with E-state index in [0.717, 1.165) is 43.0 Å². The largest absolute Gasteiger partial charge is 0.439 e. The first-order valence-corrected chi connectivity index (χ1v) is 12.0. The minimum atomic E-state index is -0.286. The summed E-state index contributed by atoms with van der Waals surface area (Å²) in [6.45, 7) is 2.65. The van der Waals surface area contributed by atoms with Crippen LogP contribution >= 0.6 is 0 Å². The number of rotatable bonds is 6. The number of oxazole rings is 1. The standard InChI is InChI=1S/C25H26N8O3/c34-22(27-11-17-10-18-12-26-8-9-33(18)31-17)14-32-15-29-20-7-6-19(30-23(20)25(32)35)21-13-28-24(36-21)16-4-2-1-3-5-16/h1-5,10,13,15,19,26,30H,6-9,11-12,14H2,(H,27,34). The molecule has 184 valence electrons. The second kappa shape index (κ2) is 9.42. The first kappa shape index (κ1) is 22.2. The summed E-state index contributed by atoms with van der Waals surface area (Å²) in [5.74, 6) is 0.913. The number of amides is 1. The molecule has 0 bridgehead atoms. The lowest BCUT2D eigenvalue weighted by atomic mass is 10.0. The zero-order chi connectivity index (χ0) is 24.5. The summed E-state index contributed by atoms with van der Waals surface area (Å²) in [7, 11) is 0. The molecule has 6 rings (SSSR count). The van der Waals surface area contributed by atoms with Crippen molar-refractivity contribution in [2.45, 2.75) is 45.1 Å². The predicted molar refractivity (Wildman–Crippen MR) is 131 cm³/mol. The van der Waals surface area contributed by atoms with E-state index in [-0.39, 0.29) is 24.1 Å². The fraction of sp³-hybridized carbons (Fsp3) is 0.320. The van der Waals surface area contributed by atoms with Gasteiger partial charge in [-0.1, -0.05) is 18.2 Å². The molecule has 1 aromatic carbocycles.